The highest BCUT2D eigenvalue weighted by atomic mass is 16.3. The Morgan fingerprint density at radius 3 is 2.81 bits per heavy atom. The van der Waals surface area contributed by atoms with Gasteiger partial charge in [-0.25, -0.2) is 0 Å². The van der Waals surface area contributed by atoms with Gasteiger partial charge >= 0.3 is 0 Å². The smallest absolute Gasteiger partial charge is 0.261 e. The molecule has 0 fully saturated rings. The molecule has 0 aliphatic heterocycles. The first-order valence-corrected chi connectivity index (χ1v) is 4.65. The first-order chi connectivity index (χ1) is 7.66. The number of para-hydroxylation sites is 1. The number of amides is 1. The summed E-state index contributed by atoms with van der Waals surface area (Å²) < 4.78 is 0. The maximum absolute atomic E-state index is 11.7. The molecule has 0 saturated carbocycles. The minimum absolute atomic E-state index is 0.0766. The number of aromatic amines is 1. The number of H-pyrrole nitrogens is 1. The van der Waals surface area contributed by atoms with E-state index in [1.165, 1.54) is 12.1 Å². The number of nitrogens with one attached hydrogen (secondary N) is 2. The van der Waals surface area contributed by atoms with Gasteiger partial charge in [0, 0.05) is 0 Å². The molecule has 82 valence electrons. The predicted molar refractivity (Wildman–Crippen MR) is 57.2 cm³/mol. The number of carbonyl (C=O) groups is 1. The molecular formula is C10H10N4O2. The molecule has 2 rings (SSSR count). The monoisotopic (exact) mass is 218 g/mol. The van der Waals surface area contributed by atoms with Crippen LogP contribution >= 0.6 is 0 Å². The molecule has 3 N–H and O–H groups in total. The van der Waals surface area contributed by atoms with Gasteiger partial charge in [0.15, 0.2) is 0 Å². The average molecular weight is 218 g/mol. The van der Waals surface area contributed by atoms with Crippen LogP contribution in [0.15, 0.2) is 24.3 Å². The molecular weight excluding hydrogens is 208 g/mol. The van der Waals surface area contributed by atoms with Crippen LogP contribution < -0.4 is 5.32 Å². The minimum atomic E-state index is -0.447. The lowest BCUT2D eigenvalue weighted by molar-refractivity contribution is 0.102. The van der Waals surface area contributed by atoms with Crippen LogP contribution in [0.3, 0.4) is 0 Å². The number of carbonyl (C=O) groups excluding carboxylic acids is 1. The molecule has 0 aliphatic carbocycles. The van der Waals surface area contributed by atoms with Gasteiger partial charge in [0.2, 0.25) is 5.95 Å². The molecule has 0 unspecified atom stereocenters. The van der Waals surface area contributed by atoms with E-state index in [0.717, 1.165) is 0 Å². The third kappa shape index (κ3) is 2.00. The van der Waals surface area contributed by atoms with E-state index in [-0.39, 0.29) is 17.3 Å². The minimum Gasteiger partial charge on any atom is -0.507 e. The largest absolute Gasteiger partial charge is 0.507 e. The van der Waals surface area contributed by atoms with Gasteiger partial charge < -0.3 is 5.11 Å². The van der Waals surface area contributed by atoms with Crippen molar-refractivity contribution >= 4 is 11.9 Å². The van der Waals surface area contributed by atoms with E-state index >= 15 is 0 Å². The summed E-state index contributed by atoms with van der Waals surface area (Å²) in [5, 5.41) is 18.3. The van der Waals surface area contributed by atoms with Crippen molar-refractivity contribution < 1.29 is 9.90 Å². The molecule has 0 atom stereocenters. The van der Waals surface area contributed by atoms with E-state index in [1.54, 1.807) is 19.1 Å². The lowest BCUT2D eigenvalue weighted by atomic mass is 10.2. The van der Waals surface area contributed by atoms with Gasteiger partial charge in [-0.1, -0.05) is 12.1 Å². The van der Waals surface area contributed by atoms with Crippen LogP contribution in [-0.4, -0.2) is 26.2 Å². The van der Waals surface area contributed by atoms with Crippen molar-refractivity contribution in [1.82, 2.24) is 15.2 Å². The number of rotatable bonds is 2. The SMILES string of the molecule is Cc1nc(NC(=O)c2ccccc2O)n[nH]1. The Bertz CT molecular complexity index is 521. The van der Waals surface area contributed by atoms with Crippen LogP contribution in [0.25, 0.3) is 0 Å². The van der Waals surface area contributed by atoms with Gasteiger partial charge in [0.25, 0.3) is 5.91 Å². The Balaban J connectivity index is 2.18. The molecule has 0 spiro atoms. The van der Waals surface area contributed by atoms with Crippen LogP contribution in [-0.2, 0) is 0 Å². The molecule has 0 bridgehead atoms. The van der Waals surface area contributed by atoms with Crippen LogP contribution in [0, 0.1) is 6.92 Å². The molecule has 2 aromatic rings. The summed E-state index contributed by atoms with van der Waals surface area (Å²) in [7, 11) is 0. The summed E-state index contributed by atoms with van der Waals surface area (Å²) in [6.45, 7) is 1.72. The molecule has 6 nitrogen and oxygen atoms in total. The molecule has 0 saturated heterocycles. The number of aromatic nitrogens is 3. The zero-order valence-corrected chi connectivity index (χ0v) is 8.56. The molecule has 1 aromatic heterocycles. The van der Waals surface area contributed by atoms with E-state index in [2.05, 4.69) is 20.5 Å². The van der Waals surface area contributed by atoms with Crippen molar-refractivity contribution in [2.24, 2.45) is 0 Å². The van der Waals surface area contributed by atoms with Crippen LogP contribution in [0.1, 0.15) is 16.2 Å². The second-order valence-corrected chi connectivity index (χ2v) is 3.22. The standard InChI is InChI=1S/C10H10N4O2/c1-6-11-10(14-13-6)12-9(16)7-4-2-3-5-8(7)15/h2-5,15H,1H3,(H2,11,12,13,14,16). The number of nitrogens with zero attached hydrogens (tertiary/aromatic N) is 2. The summed E-state index contributed by atoms with van der Waals surface area (Å²) in [4.78, 5) is 15.6. The van der Waals surface area contributed by atoms with Crippen LogP contribution in [0.4, 0.5) is 5.95 Å². The van der Waals surface area contributed by atoms with Crippen molar-refractivity contribution in [2.45, 2.75) is 6.92 Å². The van der Waals surface area contributed by atoms with Gasteiger partial charge in [-0.15, -0.1) is 5.10 Å². The number of phenols is 1. The number of aryl methyl sites for hydroxylation is 1. The molecule has 0 aliphatic rings. The Labute approximate surface area is 91.3 Å². The summed E-state index contributed by atoms with van der Waals surface area (Å²) >= 11 is 0. The van der Waals surface area contributed by atoms with Crippen LogP contribution in [0.5, 0.6) is 5.75 Å². The molecule has 1 heterocycles. The van der Waals surface area contributed by atoms with Crippen molar-refractivity contribution in [3.05, 3.63) is 35.7 Å². The van der Waals surface area contributed by atoms with Crippen molar-refractivity contribution in [2.75, 3.05) is 5.32 Å². The van der Waals surface area contributed by atoms with Crippen LogP contribution in [0.2, 0.25) is 0 Å². The summed E-state index contributed by atoms with van der Waals surface area (Å²) in [5.41, 5.74) is 0.185. The molecule has 16 heavy (non-hydrogen) atoms. The second-order valence-electron chi connectivity index (χ2n) is 3.22. The van der Waals surface area contributed by atoms with E-state index in [1.807, 2.05) is 0 Å². The average Bonchev–Trinajstić information content (AvgIpc) is 2.64. The number of phenolic OH excluding ortho intramolecular Hbond substituents is 1. The van der Waals surface area contributed by atoms with Crippen molar-refractivity contribution in [3.63, 3.8) is 0 Å². The highest BCUT2D eigenvalue weighted by Gasteiger charge is 2.12. The summed E-state index contributed by atoms with van der Waals surface area (Å²) in [6.07, 6.45) is 0. The maximum atomic E-state index is 11.7. The third-order valence-corrected chi connectivity index (χ3v) is 1.97. The van der Waals surface area contributed by atoms with Gasteiger partial charge in [-0.05, 0) is 19.1 Å². The molecule has 1 aromatic carbocycles. The topological polar surface area (TPSA) is 90.9 Å². The highest BCUT2D eigenvalue weighted by molar-refractivity contribution is 6.05. The summed E-state index contributed by atoms with van der Waals surface area (Å²) in [6, 6.07) is 6.27. The fourth-order valence-electron chi connectivity index (χ4n) is 1.23. The Kier molecular flexibility index (Phi) is 2.55. The first kappa shape index (κ1) is 10.2. The molecule has 0 radical (unpaired) electrons. The number of aromatic hydroxyl groups is 1. The zero-order valence-electron chi connectivity index (χ0n) is 8.56. The van der Waals surface area contributed by atoms with Gasteiger partial charge in [-0.2, -0.15) is 4.98 Å². The van der Waals surface area contributed by atoms with E-state index in [4.69, 9.17) is 0 Å². The number of hydrogen-bond acceptors (Lipinski definition) is 4. The second kappa shape index (κ2) is 4.01. The first-order valence-electron chi connectivity index (χ1n) is 4.65. The fraction of sp³-hybridized carbons (Fsp3) is 0.100. The fourth-order valence-corrected chi connectivity index (χ4v) is 1.23. The summed E-state index contributed by atoms with van der Waals surface area (Å²) in [5.74, 6) is 0.266. The lowest BCUT2D eigenvalue weighted by Gasteiger charge is -2.02. The van der Waals surface area contributed by atoms with E-state index in [0.29, 0.717) is 5.82 Å². The van der Waals surface area contributed by atoms with Gasteiger partial charge in [-0.3, -0.25) is 15.2 Å². The molecule has 1 amide bonds. The molecule has 6 heteroatoms. The van der Waals surface area contributed by atoms with Gasteiger partial charge in [0.1, 0.15) is 11.6 Å². The lowest BCUT2D eigenvalue weighted by Crippen LogP contribution is -2.13. The van der Waals surface area contributed by atoms with Gasteiger partial charge in [0.05, 0.1) is 5.56 Å². The highest BCUT2D eigenvalue weighted by Crippen LogP contribution is 2.16. The van der Waals surface area contributed by atoms with E-state index < -0.39 is 5.91 Å². The van der Waals surface area contributed by atoms with Crippen molar-refractivity contribution in [3.8, 4) is 5.75 Å². The Morgan fingerprint density at radius 2 is 2.19 bits per heavy atom. The Morgan fingerprint density at radius 1 is 1.44 bits per heavy atom. The maximum Gasteiger partial charge on any atom is 0.261 e. The zero-order chi connectivity index (χ0) is 11.5. The van der Waals surface area contributed by atoms with E-state index in [9.17, 15) is 9.90 Å². The predicted octanol–water partition coefficient (Wildman–Crippen LogP) is 1.07. The Hall–Kier alpha value is -2.37. The normalized spacial score (nSPS) is 10.1. The quantitative estimate of drug-likeness (QED) is 0.703. The van der Waals surface area contributed by atoms with Crippen molar-refractivity contribution in [1.29, 1.82) is 0 Å². The number of hydrogen-bond donors (Lipinski definition) is 3. The number of anilines is 1. The third-order valence-electron chi connectivity index (χ3n) is 1.97. The number of benzene rings is 1.